The number of ether oxygens (including phenoxy) is 2. The Morgan fingerprint density at radius 2 is 1.37 bits per heavy atom. The lowest BCUT2D eigenvalue weighted by atomic mass is 9.98. The summed E-state index contributed by atoms with van der Waals surface area (Å²) in [5, 5.41) is 5.41. The number of nitrogens with zero attached hydrogens (tertiary/aromatic N) is 1. The van der Waals surface area contributed by atoms with Crippen molar-refractivity contribution in [2.24, 2.45) is 0 Å². The number of carbonyl (C=O) groups excluding carboxylic acids is 2. The average molecular weight is 714 g/mol. The predicted molar refractivity (Wildman–Crippen MR) is 189 cm³/mol. The molecule has 0 radical (unpaired) electrons. The molecular formula is C36H47N3O8S2. The van der Waals surface area contributed by atoms with Crippen LogP contribution in [0.15, 0.2) is 91.0 Å². The van der Waals surface area contributed by atoms with Gasteiger partial charge < -0.3 is 20.1 Å². The van der Waals surface area contributed by atoms with E-state index in [0.29, 0.717) is 6.42 Å². The summed E-state index contributed by atoms with van der Waals surface area (Å²) in [6, 6.07) is 25.3. The number of alkyl carbamates (subject to hydrolysis) is 1. The summed E-state index contributed by atoms with van der Waals surface area (Å²) in [5.74, 6) is -0.882. The van der Waals surface area contributed by atoms with E-state index in [2.05, 4.69) is 10.6 Å². The summed E-state index contributed by atoms with van der Waals surface area (Å²) in [5.41, 5.74) is 2.49. The Bertz CT molecular complexity index is 1750. The van der Waals surface area contributed by atoms with E-state index < -0.39 is 60.9 Å². The quantitative estimate of drug-likeness (QED) is 0.197. The number of hydrogen-bond acceptors (Lipinski definition) is 8. The molecule has 1 saturated heterocycles. The minimum atomic E-state index is -3.87. The standard InChI is InChI=1S/C36H47N3O8S2/c1-26(2)39(24-28-17-11-7-12-18-28)49(44,45)22-21-31-32(47-31)30(23-27-15-9-6-10-16-27)37-34(40)33(36(3,4)48(5,42)43)38-35(41)46-25-29-19-13-8-14-20-29/h6-20,26,30-33H,21-25H2,1-5H3,(H,37,40)(H,38,41)/t30-,31-,32+,33+/m0/s1. The highest BCUT2D eigenvalue weighted by Crippen LogP contribution is 2.32. The minimum Gasteiger partial charge on any atom is -0.445 e. The SMILES string of the molecule is CC(C)N(Cc1ccccc1)S(=O)(=O)CC[C@@H]1O[C@@H]1[C@H](Cc1ccccc1)NC(=O)[C@@H](NC(=O)OCc1ccccc1)C(C)(C)S(C)(=O)=O. The second-order valence-electron chi connectivity index (χ2n) is 13.2. The third-order valence-electron chi connectivity index (χ3n) is 8.81. The normalized spacial score (nSPS) is 17.7. The monoisotopic (exact) mass is 713 g/mol. The van der Waals surface area contributed by atoms with Gasteiger partial charge in [0.05, 0.1) is 22.6 Å². The molecule has 4 atom stereocenters. The van der Waals surface area contributed by atoms with Crippen LogP contribution in [0.25, 0.3) is 0 Å². The predicted octanol–water partition coefficient (Wildman–Crippen LogP) is 4.23. The van der Waals surface area contributed by atoms with Gasteiger partial charge in [-0.2, -0.15) is 4.31 Å². The van der Waals surface area contributed by atoms with Crippen LogP contribution in [-0.4, -0.2) is 80.2 Å². The molecule has 1 fully saturated rings. The van der Waals surface area contributed by atoms with Crippen LogP contribution < -0.4 is 10.6 Å². The van der Waals surface area contributed by atoms with E-state index in [4.69, 9.17) is 9.47 Å². The number of nitrogens with one attached hydrogen (secondary N) is 2. The van der Waals surface area contributed by atoms with Crippen molar-refractivity contribution in [1.82, 2.24) is 14.9 Å². The molecule has 13 heteroatoms. The first kappa shape index (κ1) is 38.0. The number of sulfonamides is 1. The smallest absolute Gasteiger partial charge is 0.408 e. The number of hydrogen-bond donors (Lipinski definition) is 2. The number of sulfone groups is 1. The van der Waals surface area contributed by atoms with Gasteiger partial charge in [0.2, 0.25) is 15.9 Å². The van der Waals surface area contributed by atoms with Gasteiger partial charge >= 0.3 is 6.09 Å². The van der Waals surface area contributed by atoms with Crippen molar-refractivity contribution in [2.45, 2.75) is 88.8 Å². The number of epoxide rings is 1. The molecular weight excluding hydrogens is 667 g/mol. The van der Waals surface area contributed by atoms with Crippen LogP contribution >= 0.6 is 0 Å². The number of amides is 2. The van der Waals surface area contributed by atoms with E-state index in [9.17, 15) is 26.4 Å². The summed E-state index contributed by atoms with van der Waals surface area (Å²) in [4.78, 5) is 26.8. The van der Waals surface area contributed by atoms with Gasteiger partial charge in [-0.1, -0.05) is 91.0 Å². The van der Waals surface area contributed by atoms with Crippen molar-refractivity contribution in [3.63, 3.8) is 0 Å². The highest BCUT2D eigenvalue weighted by atomic mass is 32.2. The first-order valence-electron chi connectivity index (χ1n) is 16.3. The molecule has 3 aromatic carbocycles. The molecule has 1 heterocycles. The lowest BCUT2D eigenvalue weighted by molar-refractivity contribution is -0.124. The van der Waals surface area contributed by atoms with E-state index in [1.54, 1.807) is 24.3 Å². The number of carbonyl (C=O) groups is 2. The molecule has 0 aromatic heterocycles. The minimum absolute atomic E-state index is 0.0724. The van der Waals surface area contributed by atoms with Crippen molar-refractivity contribution in [1.29, 1.82) is 0 Å². The largest absolute Gasteiger partial charge is 0.445 e. The molecule has 1 aliphatic rings. The summed E-state index contributed by atoms with van der Waals surface area (Å²) < 4.78 is 63.8. The molecule has 4 rings (SSSR count). The van der Waals surface area contributed by atoms with E-state index in [1.807, 2.05) is 80.6 Å². The second kappa shape index (κ2) is 16.3. The molecule has 2 N–H and O–H groups in total. The summed E-state index contributed by atoms with van der Waals surface area (Å²) >= 11 is 0. The third-order valence-corrected chi connectivity index (χ3v) is 13.0. The van der Waals surface area contributed by atoms with Gasteiger partial charge in [0.1, 0.15) is 18.8 Å². The van der Waals surface area contributed by atoms with Crippen LogP contribution in [-0.2, 0) is 53.7 Å². The Labute approximate surface area is 290 Å². The van der Waals surface area contributed by atoms with Crippen LogP contribution in [0.5, 0.6) is 0 Å². The fourth-order valence-corrected chi connectivity index (χ4v) is 7.87. The Hall–Kier alpha value is -3.78. The van der Waals surface area contributed by atoms with E-state index in [0.717, 1.165) is 22.9 Å². The highest BCUT2D eigenvalue weighted by Gasteiger charge is 2.49. The zero-order chi connectivity index (χ0) is 35.8. The Balaban J connectivity index is 1.49. The molecule has 49 heavy (non-hydrogen) atoms. The fraction of sp³-hybridized carbons (Fsp3) is 0.444. The molecule has 266 valence electrons. The van der Waals surface area contributed by atoms with E-state index >= 15 is 0 Å². The highest BCUT2D eigenvalue weighted by molar-refractivity contribution is 7.92. The first-order valence-corrected chi connectivity index (χ1v) is 19.8. The molecule has 3 aromatic rings. The molecule has 0 aliphatic carbocycles. The maximum absolute atomic E-state index is 13.9. The Kier molecular flexibility index (Phi) is 12.6. The van der Waals surface area contributed by atoms with Crippen LogP contribution in [0, 0.1) is 0 Å². The molecule has 0 unspecified atom stereocenters. The number of benzene rings is 3. The van der Waals surface area contributed by atoms with E-state index in [-0.39, 0.29) is 31.4 Å². The first-order chi connectivity index (χ1) is 23.1. The molecule has 11 nitrogen and oxygen atoms in total. The molecule has 1 aliphatic heterocycles. The van der Waals surface area contributed by atoms with Gasteiger partial charge in [0.25, 0.3) is 0 Å². The number of rotatable bonds is 17. The van der Waals surface area contributed by atoms with Crippen molar-refractivity contribution < 1.29 is 35.9 Å². The second-order valence-corrected chi connectivity index (χ2v) is 17.8. The summed E-state index contributed by atoms with van der Waals surface area (Å²) in [6.45, 7) is 6.59. The van der Waals surface area contributed by atoms with Crippen LogP contribution in [0.4, 0.5) is 4.79 Å². The van der Waals surface area contributed by atoms with Gasteiger partial charge in [0.15, 0.2) is 9.84 Å². The lowest BCUT2D eigenvalue weighted by Gasteiger charge is -2.33. The molecule has 0 saturated carbocycles. The van der Waals surface area contributed by atoms with Crippen molar-refractivity contribution in [2.75, 3.05) is 12.0 Å². The Morgan fingerprint density at radius 1 is 0.837 bits per heavy atom. The summed E-state index contributed by atoms with van der Waals surface area (Å²) in [6.07, 6.45) is -0.403. The maximum atomic E-state index is 13.9. The third kappa shape index (κ3) is 10.6. The van der Waals surface area contributed by atoms with Crippen molar-refractivity contribution in [3.8, 4) is 0 Å². The average Bonchev–Trinajstić information content (AvgIpc) is 3.84. The van der Waals surface area contributed by atoms with Crippen LogP contribution in [0.2, 0.25) is 0 Å². The lowest BCUT2D eigenvalue weighted by Crippen LogP contribution is -2.62. The van der Waals surface area contributed by atoms with Gasteiger partial charge in [-0.15, -0.1) is 0 Å². The fourth-order valence-electron chi connectivity index (χ4n) is 5.53. The summed E-state index contributed by atoms with van der Waals surface area (Å²) in [7, 11) is -7.52. The van der Waals surface area contributed by atoms with Gasteiger partial charge in [-0.05, 0) is 57.2 Å². The van der Waals surface area contributed by atoms with E-state index in [1.165, 1.54) is 18.2 Å². The molecule has 2 amide bonds. The van der Waals surface area contributed by atoms with Gasteiger partial charge in [-0.25, -0.2) is 21.6 Å². The van der Waals surface area contributed by atoms with Gasteiger partial charge in [0, 0.05) is 18.8 Å². The van der Waals surface area contributed by atoms with Crippen molar-refractivity contribution >= 4 is 31.9 Å². The van der Waals surface area contributed by atoms with Crippen LogP contribution in [0.3, 0.4) is 0 Å². The van der Waals surface area contributed by atoms with Crippen molar-refractivity contribution in [3.05, 3.63) is 108 Å². The van der Waals surface area contributed by atoms with Crippen LogP contribution in [0.1, 0.15) is 50.8 Å². The zero-order valence-corrected chi connectivity index (χ0v) is 30.2. The zero-order valence-electron chi connectivity index (χ0n) is 28.6. The molecule has 0 spiro atoms. The molecule has 0 bridgehead atoms. The maximum Gasteiger partial charge on any atom is 0.408 e. The van der Waals surface area contributed by atoms with Gasteiger partial charge in [-0.3, -0.25) is 4.79 Å². The topological polar surface area (TPSA) is 151 Å². The Morgan fingerprint density at radius 3 is 1.90 bits per heavy atom.